The first-order valence-corrected chi connectivity index (χ1v) is 7.86. The maximum absolute atomic E-state index is 12.1. The summed E-state index contributed by atoms with van der Waals surface area (Å²) in [5, 5.41) is 3.45. The molecule has 0 radical (unpaired) electrons. The number of nitrogens with one attached hydrogen (secondary N) is 1. The van der Waals surface area contributed by atoms with Crippen molar-refractivity contribution >= 4 is 39.0 Å². The van der Waals surface area contributed by atoms with E-state index in [0.717, 1.165) is 4.47 Å². The molecule has 0 saturated carbocycles. The molecule has 0 aliphatic carbocycles. The van der Waals surface area contributed by atoms with Gasteiger partial charge in [0.1, 0.15) is 11.5 Å². The summed E-state index contributed by atoms with van der Waals surface area (Å²) in [7, 11) is 3.07. The minimum atomic E-state index is -0.107. The van der Waals surface area contributed by atoms with Crippen molar-refractivity contribution < 1.29 is 14.3 Å². The normalized spacial score (nSPS) is 10.6. The highest BCUT2D eigenvalue weighted by atomic mass is 79.9. The Morgan fingerprint density at radius 2 is 1.78 bits per heavy atom. The van der Waals surface area contributed by atoms with Gasteiger partial charge in [-0.1, -0.05) is 27.5 Å². The smallest absolute Gasteiger partial charge is 0.187 e. The fraction of sp³-hybridized carbons (Fsp3) is 0.118. The monoisotopic (exact) mass is 395 g/mol. The molecule has 0 heterocycles. The van der Waals surface area contributed by atoms with Crippen molar-refractivity contribution in [2.24, 2.45) is 0 Å². The van der Waals surface area contributed by atoms with Gasteiger partial charge in [-0.2, -0.15) is 0 Å². The fourth-order valence-electron chi connectivity index (χ4n) is 1.89. The molecule has 0 spiro atoms. The molecule has 4 nitrogen and oxygen atoms in total. The highest BCUT2D eigenvalue weighted by molar-refractivity contribution is 9.10. The Labute approximate surface area is 148 Å². The summed E-state index contributed by atoms with van der Waals surface area (Å²) in [4.78, 5) is 12.1. The molecule has 6 heteroatoms. The van der Waals surface area contributed by atoms with Gasteiger partial charge in [-0.05, 0) is 24.3 Å². The Morgan fingerprint density at radius 1 is 1.13 bits per heavy atom. The lowest BCUT2D eigenvalue weighted by Crippen LogP contribution is -1.98. The van der Waals surface area contributed by atoms with Gasteiger partial charge in [-0.3, -0.25) is 4.79 Å². The summed E-state index contributed by atoms with van der Waals surface area (Å²) in [6, 6.07) is 10.5. The lowest BCUT2D eigenvalue weighted by molar-refractivity contribution is 0.104. The van der Waals surface area contributed by atoms with Gasteiger partial charge in [-0.15, -0.1) is 0 Å². The van der Waals surface area contributed by atoms with Gasteiger partial charge >= 0.3 is 0 Å². The third-order valence-corrected chi connectivity index (χ3v) is 3.90. The molecule has 0 aliphatic heterocycles. The molecule has 120 valence electrons. The zero-order valence-corrected chi connectivity index (χ0v) is 14.9. The van der Waals surface area contributed by atoms with E-state index in [1.165, 1.54) is 13.2 Å². The van der Waals surface area contributed by atoms with Crippen LogP contribution >= 0.6 is 27.5 Å². The van der Waals surface area contributed by atoms with Gasteiger partial charge < -0.3 is 14.8 Å². The van der Waals surface area contributed by atoms with Gasteiger partial charge in [0.25, 0.3) is 0 Å². The first-order chi connectivity index (χ1) is 11.0. The van der Waals surface area contributed by atoms with Crippen LogP contribution in [0.2, 0.25) is 5.02 Å². The number of hydrogen-bond acceptors (Lipinski definition) is 4. The molecule has 0 bridgehead atoms. The van der Waals surface area contributed by atoms with Crippen LogP contribution in [0.3, 0.4) is 0 Å². The quantitative estimate of drug-likeness (QED) is 0.555. The number of carbonyl (C=O) groups is 1. The van der Waals surface area contributed by atoms with E-state index in [4.69, 9.17) is 21.1 Å². The molecule has 2 rings (SSSR count). The summed E-state index contributed by atoms with van der Waals surface area (Å²) in [6.07, 6.45) is 3.00. The van der Waals surface area contributed by atoms with Crippen LogP contribution in [0.25, 0.3) is 0 Å². The number of anilines is 1. The van der Waals surface area contributed by atoms with Crippen LogP contribution in [0.1, 0.15) is 10.4 Å². The number of benzene rings is 2. The third kappa shape index (κ3) is 4.50. The number of carbonyl (C=O) groups excluding carboxylic acids is 1. The predicted molar refractivity (Wildman–Crippen MR) is 95.8 cm³/mol. The summed E-state index contributed by atoms with van der Waals surface area (Å²) in [5.41, 5.74) is 1.25. The highest BCUT2D eigenvalue weighted by Gasteiger charge is 2.09. The molecule has 2 aromatic rings. The van der Waals surface area contributed by atoms with Crippen LogP contribution in [0.15, 0.2) is 53.1 Å². The summed E-state index contributed by atoms with van der Waals surface area (Å²) >= 11 is 9.38. The number of ether oxygens (including phenoxy) is 2. The predicted octanol–water partition coefficient (Wildman–Crippen LogP) is 4.93. The molecule has 0 unspecified atom stereocenters. The number of allylic oxidation sites excluding steroid dienone is 1. The van der Waals surface area contributed by atoms with Crippen molar-refractivity contribution in [1.82, 2.24) is 0 Å². The van der Waals surface area contributed by atoms with Crippen LogP contribution in [0, 0.1) is 0 Å². The Hall–Kier alpha value is -1.98. The largest absolute Gasteiger partial charge is 0.495 e. The standard InChI is InChI=1S/C17H15BrClNO3/c1-22-16-10-14(17(23-2)9-13(16)19)20-8-7-15(21)11-3-5-12(18)6-4-11/h3-10,20H,1-2H3. The Balaban J connectivity index is 2.13. The first kappa shape index (κ1) is 17.4. The van der Waals surface area contributed by atoms with Crippen molar-refractivity contribution in [3.05, 3.63) is 63.7 Å². The van der Waals surface area contributed by atoms with E-state index in [0.29, 0.717) is 27.8 Å². The molecule has 2 aromatic carbocycles. The van der Waals surface area contributed by atoms with Crippen LogP contribution in [0.5, 0.6) is 11.5 Å². The number of methoxy groups -OCH3 is 2. The molecule has 1 N–H and O–H groups in total. The van der Waals surface area contributed by atoms with Crippen LogP contribution < -0.4 is 14.8 Å². The van der Waals surface area contributed by atoms with E-state index in [1.54, 1.807) is 37.6 Å². The molecule has 0 aliphatic rings. The van der Waals surface area contributed by atoms with E-state index in [2.05, 4.69) is 21.2 Å². The van der Waals surface area contributed by atoms with Crippen molar-refractivity contribution in [2.45, 2.75) is 0 Å². The summed E-state index contributed by atoms with van der Waals surface area (Å²) in [5.74, 6) is 0.962. The van der Waals surface area contributed by atoms with Crippen molar-refractivity contribution in [2.75, 3.05) is 19.5 Å². The van der Waals surface area contributed by atoms with Crippen LogP contribution in [-0.4, -0.2) is 20.0 Å². The summed E-state index contributed by atoms with van der Waals surface area (Å²) < 4.78 is 11.3. The number of rotatable bonds is 6. The van der Waals surface area contributed by atoms with Gasteiger partial charge in [0, 0.05) is 34.4 Å². The van der Waals surface area contributed by atoms with Crippen molar-refractivity contribution in [1.29, 1.82) is 0 Å². The Kier molecular flexibility index (Phi) is 6.07. The minimum absolute atomic E-state index is 0.107. The second-order valence-corrected chi connectivity index (χ2v) is 5.86. The second kappa shape index (κ2) is 8.04. The SMILES string of the molecule is COc1cc(NC=CC(=O)c2ccc(Br)cc2)c(OC)cc1Cl. The van der Waals surface area contributed by atoms with Gasteiger partial charge in [-0.25, -0.2) is 0 Å². The van der Waals surface area contributed by atoms with E-state index >= 15 is 0 Å². The van der Waals surface area contributed by atoms with Crippen LogP contribution in [0.4, 0.5) is 5.69 Å². The Morgan fingerprint density at radius 3 is 2.39 bits per heavy atom. The maximum atomic E-state index is 12.1. The maximum Gasteiger partial charge on any atom is 0.187 e. The van der Waals surface area contributed by atoms with E-state index in [-0.39, 0.29) is 5.78 Å². The van der Waals surface area contributed by atoms with E-state index in [1.807, 2.05) is 12.1 Å². The molecule has 0 fully saturated rings. The zero-order chi connectivity index (χ0) is 16.8. The summed E-state index contributed by atoms with van der Waals surface area (Å²) in [6.45, 7) is 0. The molecule has 0 aromatic heterocycles. The topological polar surface area (TPSA) is 47.6 Å². The molecular formula is C17H15BrClNO3. The molecular weight excluding hydrogens is 382 g/mol. The van der Waals surface area contributed by atoms with E-state index in [9.17, 15) is 4.79 Å². The molecule has 0 saturated heterocycles. The third-order valence-electron chi connectivity index (χ3n) is 3.08. The van der Waals surface area contributed by atoms with Crippen molar-refractivity contribution in [3.63, 3.8) is 0 Å². The molecule has 0 atom stereocenters. The second-order valence-electron chi connectivity index (χ2n) is 4.54. The first-order valence-electron chi connectivity index (χ1n) is 6.69. The van der Waals surface area contributed by atoms with Gasteiger partial charge in [0.05, 0.1) is 24.9 Å². The van der Waals surface area contributed by atoms with Gasteiger partial charge in [0.2, 0.25) is 0 Å². The zero-order valence-electron chi connectivity index (χ0n) is 12.6. The average molecular weight is 397 g/mol. The average Bonchev–Trinajstić information content (AvgIpc) is 2.56. The fourth-order valence-corrected chi connectivity index (χ4v) is 2.39. The number of halogens is 2. The Bertz CT molecular complexity index is 729. The molecule has 23 heavy (non-hydrogen) atoms. The number of ketones is 1. The van der Waals surface area contributed by atoms with Gasteiger partial charge in [0.15, 0.2) is 5.78 Å². The van der Waals surface area contributed by atoms with E-state index < -0.39 is 0 Å². The van der Waals surface area contributed by atoms with Crippen LogP contribution in [-0.2, 0) is 0 Å². The lowest BCUT2D eigenvalue weighted by atomic mass is 10.1. The lowest BCUT2D eigenvalue weighted by Gasteiger charge is -2.11. The minimum Gasteiger partial charge on any atom is -0.495 e. The molecule has 0 amide bonds. The van der Waals surface area contributed by atoms with Crippen molar-refractivity contribution in [3.8, 4) is 11.5 Å². The number of hydrogen-bond donors (Lipinski definition) is 1. The highest BCUT2D eigenvalue weighted by Crippen LogP contribution is 2.35.